The first kappa shape index (κ1) is 19.7. The van der Waals surface area contributed by atoms with Crippen molar-refractivity contribution in [1.29, 1.82) is 5.26 Å². The van der Waals surface area contributed by atoms with Crippen molar-refractivity contribution in [3.05, 3.63) is 35.1 Å². The highest BCUT2D eigenvalue weighted by atomic mass is 35.5. The fraction of sp³-hybridized carbons (Fsp3) is 0.450. The van der Waals surface area contributed by atoms with Crippen LogP contribution in [-0.4, -0.2) is 46.5 Å². The van der Waals surface area contributed by atoms with Crippen molar-refractivity contribution in [2.75, 3.05) is 18.5 Å². The summed E-state index contributed by atoms with van der Waals surface area (Å²) < 4.78 is 11.9. The number of aliphatic hydroxyl groups is 1. The normalized spacial score (nSPS) is 22.7. The number of hydrogen-bond donors (Lipinski definition) is 3. The third-order valence-corrected chi connectivity index (χ3v) is 5.48. The highest BCUT2D eigenvalue weighted by Gasteiger charge is 2.35. The van der Waals surface area contributed by atoms with Gasteiger partial charge in [-0.1, -0.05) is 11.6 Å². The number of halogens is 1. The number of anilines is 2. The van der Waals surface area contributed by atoms with Crippen LogP contribution >= 0.6 is 11.6 Å². The van der Waals surface area contributed by atoms with E-state index < -0.39 is 0 Å². The lowest BCUT2D eigenvalue weighted by Gasteiger charge is -2.29. The number of nitrogens with one attached hydrogen (secondary N) is 2. The van der Waals surface area contributed by atoms with E-state index >= 15 is 0 Å². The molecule has 0 saturated carbocycles. The minimum absolute atomic E-state index is 0.0477. The van der Waals surface area contributed by atoms with E-state index in [4.69, 9.17) is 26.3 Å². The number of piperidine rings is 1. The number of ether oxygens (including phenoxy) is 2. The zero-order chi connectivity index (χ0) is 20.2. The maximum Gasteiger partial charge on any atom is 0.262 e. The van der Waals surface area contributed by atoms with Gasteiger partial charge in [0.25, 0.3) is 5.88 Å². The van der Waals surface area contributed by atoms with Gasteiger partial charge in [0.05, 0.1) is 28.9 Å². The summed E-state index contributed by atoms with van der Waals surface area (Å²) in [5, 5.41) is 25.3. The van der Waals surface area contributed by atoms with Crippen LogP contribution in [0.2, 0.25) is 5.02 Å². The molecule has 1 unspecified atom stereocenters. The smallest absolute Gasteiger partial charge is 0.262 e. The first-order chi connectivity index (χ1) is 14.2. The largest absolute Gasteiger partial charge is 0.483 e. The Morgan fingerprint density at radius 3 is 2.76 bits per heavy atom. The summed E-state index contributed by atoms with van der Waals surface area (Å²) in [5.74, 6) is 1.05. The average molecular weight is 416 g/mol. The quantitative estimate of drug-likeness (QED) is 0.632. The second-order valence-corrected chi connectivity index (χ2v) is 7.62. The summed E-state index contributed by atoms with van der Waals surface area (Å²) >= 11 is 6.27. The fourth-order valence-corrected chi connectivity index (χ4v) is 4.11. The second-order valence-electron chi connectivity index (χ2n) is 7.21. The molecule has 1 aromatic carbocycles. The van der Waals surface area contributed by atoms with Gasteiger partial charge in [-0.15, -0.1) is 0 Å². The van der Waals surface area contributed by atoms with Crippen LogP contribution in [0.5, 0.6) is 11.6 Å². The van der Waals surface area contributed by atoms with Gasteiger partial charge >= 0.3 is 0 Å². The molecule has 4 rings (SSSR count). The number of fused-ring (bicyclic) bond motifs is 2. The van der Waals surface area contributed by atoms with Crippen molar-refractivity contribution in [3.8, 4) is 17.7 Å². The molecule has 3 N–H and O–H groups in total. The molecule has 0 aliphatic carbocycles. The molecule has 9 heteroatoms. The molecule has 8 nitrogen and oxygen atoms in total. The first-order valence-electron chi connectivity index (χ1n) is 9.64. The monoisotopic (exact) mass is 415 g/mol. The molecule has 0 amide bonds. The van der Waals surface area contributed by atoms with Crippen molar-refractivity contribution in [1.82, 2.24) is 15.3 Å². The Bertz CT molecular complexity index is 907. The molecule has 2 aliphatic heterocycles. The summed E-state index contributed by atoms with van der Waals surface area (Å²) in [6, 6.07) is 7.94. The molecule has 2 aromatic rings. The molecule has 152 valence electrons. The summed E-state index contributed by atoms with van der Waals surface area (Å²) in [6.45, 7) is -0.0696. The predicted octanol–water partition coefficient (Wildman–Crippen LogP) is 2.78. The number of aliphatic hydroxyl groups excluding tert-OH is 1. The van der Waals surface area contributed by atoms with Gasteiger partial charge in [0.15, 0.2) is 5.82 Å². The average Bonchev–Trinajstić information content (AvgIpc) is 3.07. The summed E-state index contributed by atoms with van der Waals surface area (Å²) in [4.78, 5) is 8.53. The van der Waals surface area contributed by atoms with Gasteiger partial charge in [-0.3, -0.25) is 0 Å². The highest BCUT2D eigenvalue weighted by Crippen LogP contribution is 2.37. The van der Waals surface area contributed by atoms with E-state index in [1.54, 1.807) is 18.2 Å². The van der Waals surface area contributed by atoms with Crippen molar-refractivity contribution < 1.29 is 14.6 Å². The van der Waals surface area contributed by atoms with Crippen molar-refractivity contribution in [2.45, 2.75) is 43.9 Å². The lowest BCUT2D eigenvalue weighted by atomic mass is 10.0. The lowest BCUT2D eigenvalue weighted by Crippen LogP contribution is -2.42. The van der Waals surface area contributed by atoms with E-state index in [-0.39, 0.29) is 19.3 Å². The fourth-order valence-electron chi connectivity index (χ4n) is 3.88. The van der Waals surface area contributed by atoms with Crippen LogP contribution < -0.4 is 20.1 Å². The molecule has 1 aromatic heterocycles. The zero-order valence-electron chi connectivity index (χ0n) is 15.8. The standard InChI is InChI=1S/C20H22ClN5O3/c21-16-7-12(10-22)1-4-17(16)26-19-18(28-6-5-27)20(24-11-23-19)29-15-8-13-2-3-14(9-15)25-13/h1,4,7,11,13-15,25,27H,2-3,5-6,8-9H2,(H,23,24,26)/t13-,14?,15+/m0/s1. The first-order valence-corrected chi connectivity index (χ1v) is 10.0. The Labute approximate surface area is 173 Å². The van der Waals surface area contributed by atoms with Crippen molar-refractivity contribution in [2.24, 2.45) is 0 Å². The summed E-state index contributed by atoms with van der Waals surface area (Å²) in [7, 11) is 0. The third-order valence-electron chi connectivity index (χ3n) is 5.17. The summed E-state index contributed by atoms with van der Waals surface area (Å²) in [6.07, 6.45) is 5.63. The third kappa shape index (κ3) is 4.53. The molecule has 0 radical (unpaired) electrons. The Morgan fingerprint density at radius 2 is 2.07 bits per heavy atom. The number of nitrogens with zero attached hydrogens (tertiary/aromatic N) is 3. The number of rotatable bonds is 7. The van der Waals surface area contributed by atoms with E-state index in [1.165, 1.54) is 19.2 Å². The lowest BCUT2D eigenvalue weighted by molar-refractivity contribution is 0.122. The van der Waals surface area contributed by atoms with Gasteiger partial charge in [0.2, 0.25) is 5.75 Å². The molecule has 2 saturated heterocycles. The number of benzene rings is 1. The molecule has 2 aliphatic rings. The van der Waals surface area contributed by atoms with Crippen molar-refractivity contribution >= 4 is 23.1 Å². The summed E-state index contributed by atoms with van der Waals surface area (Å²) in [5.41, 5.74) is 1.04. The van der Waals surface area contributed by atoms with Crippen LogP contribution in [0.25, 0.3) is 0 Å². The van der Waals surface area contributed by atoms with Gasteiger partial charge in [-0.25, -0.2) is 4.98 Å². The maximum absolute atomic E-state index is 9.21. The molecule has 29 heavy (non-hydrogen) atoms. The molecule has 2 bridgehead atoms. The van der Waals surface area contributed by atoms with Crippen LogP contribution in [-0.2, 0) is 0 Å². The van der Waals surface area contributed by atoms with E-state index in [0.717, 1.165) is 12.8 Å². The zero-order valence-corrected chi connectivity index (χ0v) is 16.5. The minimum atomic E-state index is -0.150. The van der Waals surface area contributed by atoms with Crippen LogP contribution in [0, 0.1) is 11.3 Å². The van der Waals surface area contributed by atoms with E-state index in [9.17, 15) is 5.11 Å². The van der Waals surface area contributed by atoms with E-state index in [2.05, 4.69) is 20.6 Å². The molecule has 3 heterocycles. The Morgan fingerprint density at radius 1 is 1.28 bits per heavy atom. The highest BCUT2D eigenvalue weighted by molar-refractivity contribution is 6.33. The molecule has 2 fully saturated rings. The van der Waals surface area contributed by atoms with Crippen LogP contribution in [0.15, 0.2) is 24.5 Å². The van der Waals surface area contributed by atoms with Gasteiger partial charge in [0.1, 0.15) is 19.0 Å². The molecular weight excluding hydrogens is 394 g/mol. The van der Waals surface area contributed by atoms with Crippen molar-refractivity contribution in [3.63, 3.8) is 0 Å². The number of hydrogen-bond acceptors (Lipinski definition) is 8. The Balaban J connectivity index is 1.58. The van der Waals surface area contributed by atoms with E-state index in [0.29, 0.717) is 45.8 Å². The minimum Gasteiger partial charge on any atom is -0.483 e. The Kier molecular flexibility index (Phi) is 6.00. The second kappa shape index (κ2) is 8.82. The number of nitriles is 1. The van der Waals surface area contributed by atoms with Gasteiger partial charge in [0, 0.05) is 12.1 Å². The van der Waals surface area contributed by atoms with Gasteiger partial charge in [-0.2, -0.15) is 10.2 Å². The van der Waals surface area contributed by atoms with Crippen LogP contribution in [0.3, 0.4) is 0 Å². The SMILES string of the molecule is N#Cc1ccc(Nc2ncnc(O[C@H]3CC4CC[C@@H](C3)N4)c2OCCO)c(Cl)c1. The molecule has 3 atom stereocenters. The van der Waals surface area contributed by atoms with Crippen LogP contribution in [0.1, 0.15) is 31.2 Å². The number of aromatic nitrogens is 2. The molecule has 0 spiro atoms. The van der Waals surface area contributed by atoms with Crippen LogP contribution in [0.4, 0.5) is 11.5 Å². The Hall–Kier alpha value is -2.60. The maximum atomic E-state index is 9.21. The van der Waals surface area contributed by atoms with Gasteiger partial charge < -0.3 is 25.2 Å². The van der Waals surface area contributed by atoms with Gasteiger partial charge in [-0.05, 0) is 43.9 Å². The molecular formula is C20H22ClN5O3. The topological polar surface area (TPSA) is 112 Å². The van der Waals surface area contributed by atoms with E-state index in [1.807, 2.05) is 6.07 Å². The predicted molar refractivity (Wildman–Crippen MR) is 108 cm³/mol.